The van der Waals surface area contributed by atoms with Crippen molar-refractivity contribution >= 4 is 17.5 Å². The number of unbranched alkanes of at least 4 members (excludes halogenated alkanes) is 1. The Bertz CT molecular complexity index is 1100. The number of hydrogen-bond acceptors (Lipinski definition) is 3. The lowest BCUT2D eigenvalue weighted by atomic mass is 10.1. The van der Waals surface area contributed by atoms with E-state index in [-0.39, 0.29) is 17.2 Å². The van der Waals surface area contributed by atoms with Crippen LogP contribution in [0.2, 0.25) is 0 Å². The summed E-state index contributed by atoms with van der Waals surface area (Å²) in [7, 11) is 1.77. The molecular formula is C24H28N4O3. The second kappa shape index (κ2) is 9.93. The first-order valence-electron chi connectivity index (χ1n) is 10.4. The first-order chi connectivity index (χ1) is 14.9. The fourth-order valence-electron chi connectivity index (χ4n) is 3.43. The molecule has 0 spiro atoms. The van der Waals surface area contributed by atoms with Gasteiger partial charge in [0.05, 0.1) is 11.4 Å². The van der Waals surface area contributed by atoms with Crippen molar-refractivity contribution in [2.75, 3.05) is 5.32 Å². The van der Waals surface area contributed by atoms with Gasteiger partial charge in [-0.3, -0.25) is 19.1 Å². The smallest absolute Gasteiger partial charge is 0.295 e. The van der Waals surface area contributed by atoms with E-state index in [0.717, 1.165) is 12.8 Å². The molecule has 162 valence electrons. The van der Waals surface area contributed by atoms with Gasteiger partial charge >= 0.3 is 0 Å². The number of para-hydroxylation sites is 1. The van der Waals surface area contributed by atoms with Crippen molar-refractivity contribution in [1.29, 1.82) is 0 Å². The molecule has 1 atom stereocenters. The van der Waals surface area contributed by atoms with Crippen LogP contribution in [0.4, 0.5) is 5.69 Å². The van der Waals surface area contributed by atoms with Gasteiger partial charge in [-0.15, -0.1) is 0 Å². The van der Waals surface area contributed by atoms with Crippen molar-refractivity contribution in [3.63, 3.8) is 0 Å². The van der Waals surface area contributed by atoms with Crippen LogP contribution in [-0.2, 0) is 11.8 Å². The molecule has 1 aromatic heterocycles. The summed E-state index contributed by atoms with van der Waals surface area (Å²) in [6.07, 6.45) is 2.14. The molecule has 3 rings (SSSR count). The predicted molar refractivity (Wildman–Crippen MR) is 122 cm³/mol. The lowest BCUT2D eigenvalue weighted by molar-refractivity contribution is -0.118. The summed E-state index contributed by atoms with van der Waals surface area (Å²) in [6.45, 7) is 3.80. The minimum absolute atomic E-state index is 0.215. The Morgan fingerprint density at radius 2 is 1.61 bits per heavy atom. The Morgan fingerprint density at radius 1 is 1.00 bits per heavy atom. The zero-order valence-electron chi connectivity index (χ0n) is 18.1. The normalized spacial score (nSPS) is 11.7. The van der Waals surface area contributed by atoms with Crippen molar-refractivity contribution in [1.82, 2.24) is 14.7 Å². The zero-order valence-corrected chi connectivity index (χ0v) is 18.1. The second-order valence-corrected chi connectivity index (χ2v) is 7.46. The SMILES string of the molecule is CCCC[C@H](NC(=O)c1ccccc1)C(=O)Nc1c(C)n(C)n(-c2ccccc2)c1=O. The monoisotopic (exact) mass is 420 g/mol. The molecule has 0 saturated carbocycles. The van der Waals surface area contributed by atoms with Gasteiger partial charge < -0.3 is 10.6 Å². The van der Waals surface area contributed by atoms with E-state index in [4.69, 9.17) is 0 Å². The van der Waals surface area contributed by atoms with Crippen LogP contribution in [0.1, 0.15) is 42.2 Å². The summed E-state index contributed by atoms with van der Waals surface area (Å²) >= 11 is 0. The molecule has 7 nitrogen and oxygen atoms in total. The highest BCUT2D eigenvalue weighted by Crippen LogP contribution is 2.15. The average molecular weight is 421 g/mol. The third-order valence-corrected chi connectivity index (χ3v) is 5.31. The van der Waals surface area contributed by atoms with Gasteiger partial charge in [0.2, 0.25) is 5.91 Å². The Kier molecular flexibility index (Phi) is 7.07. The number of carbonyl (C=O) groups is 2. The van der Waals surface area contributed by atoms with Crippen LogP contribution in [0, 0.1) is 6.92 Å². The molecule has 0 bridgehead atoms. The van der Waals surface area contributed by atoms with Crippen LogP contribution in [0.5, 0.6) is 0 Å². The maximum Gasteiger partial charge on any atom is 0.295 e. The Morgan fingerprint density at radius 3 is 2.23 bits per heavy atom. The minimum atomic E-state index is -0.739. The summed E-state index contributed by atoms with van der Waals surface area (Å²) in [6, 6.07) is 17.3. The van der Waals surface area contributed by atoms with Crippen LogP contribution in [0.15, 0.2) is 65.5 Å². The molecule has 2 aromatic carbocycles. The number of aromatic nitrogens is 2. The average Bonchev–Trinajstić information content (AvgIpc) is 3.00. The van der Waals surface area contributed by atoms with Crippen molar-refractivity contribution < 1.29 is 9.59 Å². The van der Waals surface area contributed by atoms with E-state index in [9.17, 15) is 14.4 Å². The first-order valence-corrected chi connectivity index (χ1v) is 10.4. The lowest BCUT2D eigenvalue weighted by Crippen LogP contribution is -2.44. The molecule has 0 radical (unpaired) electrons. The molecule has 0 saturated heterocycles. The van der Waals surface area contributed by atoms with E-state index in [2.05, 4.69) is 10.6 Å². The fraction of sp³-hybridized carbons (Fsp3) is 0.292. The van der Waals surface area contributed by atoms with Gasteiger partial charge in [-0.1, -0.05) is 56.2 Å². The Balaban J connectivity index is 1.85. The van der Waals surface area contributed by atoms with Gasteiger partial charge in [0.15, 0.2) is 0 Å². The summed E-state index contributed by atoms with van der Waals surface area (Å²) < 4.78 is 3.21. The second-order valence-electron chi connectivity index (χ2n) is 7.46. The van der Waals surface area contributed by atoms with Gasteiger partial charge in [0.1, 0.15) is 11.7 Å². The van der Waals surface area contributed by atoms with Crippen LogP contribution >= 0.6 is 0 Å². The van der Waals surface area contributed by atoms with Gasteiger partial charge in [-0.25, -0.2) is 4.68 Å². The van der Waals surface area contributed by atoms with Gasteiger partial charge in [0, 0.05) is 12.6 Å². The van der Waals surface area contributed by atoms with Crippen molar-refractivity contribution in [2.45, 2.75) is 39.2 Å². The quantitative estimate of drug-likeness (QED) is 0.586. The zero-order chi connectivity index (χ0) is 22.4. The number of anilines is 1. The molecule has 0 aliphatic heterocycles. The van der Waals surface area contributed by atoms with E-state index in [1.807, 2.05) is 43.3 Å². The van der Waals surface area contributed by atoms with Crippen molar-refractivity contribution in [2.24, 2.45) is 7.05 Å². The third kappa shape index (κ3) is 4.94. The first kappa shape index (κ1) is 22.1. The minimum Gasteiger partial charge on any atom is -0.340 e. The maximum atomic E-state index is 13.1. The highest BCUT2D eigenvalue weighted by molar-refractivity contribution is 6.01. The number of amides is 2. The summed E-state index contributed by atoms with van der Waals surface area (Å²) in [5, 5.41) is 5.58. The van der Waals surface area contributed by atoms with Crippen LogP contribution in [0.3, 0.4) is 0 Å². The third-order valence-electron chi connectivity index (χ3n) is 5.31. The topological polar surface area (TPSA) is 85.1 Å². The molecule has 0 aliphatic rings. The van der Waals surface area contributed by atoms with Crippen LogP contribution in [-0.4, -0.2) is 27.2 Å². The van der Waals surface area contributed by atoms with E-state index < -0.39 is 11.9 Å². The maximum absolute atomic E-state index is 13.1. The number of nitrogens with one attached hydrogen (secondary N) is 2. The van der Waals surface area contributed by atoms with Crippen molar-refractivity contribution in [3.8, 4) is 5.69 Å². The molecule has 0 unspecified atom stereocenters. The molecule has 1 heterocycles. The molecule has 7 heteroatoms. The Hall–Kier alpha value is -3.61. The fourth-order valence-corrected chi connectivity index (χ4v) is 3.43. The van der Waals surface area contributed by atoms with E-state index in [1.54, 1.807) is 42.9 Å². The van der Waals surface area contributed by atoms with Gasteiger partial charge in [0.25, 0.3) is 11.5 Å². The summed E-state index contributed by atoms with van der Waals surface area (Å²) in [4.78, 5) is 38.7. The highest BCUT2D eigenvalue weighted by Gasteiger charge is 2.24. The molecule has 2 N–H and O–H groups in total. The van der Waals surface area contributed by atoms with Crippen LogP contribution in [0.25, 0.3) is 5.69 Å². The molecule has 0 aliphatic carbocycles. The molecular weight excluding hydrogens is 392 g/mol. The van der Waals surface area contributed by atoms with Gasteiger partial charge in [-0.05, 0) is 37.6 Å². The number of nitrogens with zero attached hydrogens (tertiary/aromatic N) is 2. The summed E-state index contributed by atoms with van der Waals surface area (Å²) in [5.41, 5.74) is 1.72. The Labute approximate surface area is 181 Å². The van der Waals surface area contributed by atoms with Gasteiger partial charge in [-0.2, -0.15) is 0 Å². The van der Waals surface area contributed by atoms with E-state index in [1.165, 1.54) is 4.68 Å². The number of benzene rings is 2. The number of hydrogen-bond donors (Lipinski definition) is 2. The lowest BCUT2D eigenvalue weighted by Gasteiger charge is -2.18. The molecule has 2 amide bonds. The van der Waals surface area contributed by atoms with Crippen LogP contribution < -0.4 is 16.2 Å². The molecule has 0 fully saturated rings. The largest absolute Gasteiger partial charge is 0.340 e. The number of rotatable bonds is 8. The van der Waals surface area contributed by atoms with E-state index in [0.29, 0.717) is 23.4 Å². The molecule has 31 heavy (non-hydrogen) atoms. The van der Waals surface area contributed by atoms with E-state index >= 15 is 0 Å². The predicted octanol–water partition coefficient (Wildman–Crippen LogP) is 3.41. The summed E-state index contributed by atoms with van der Waals surface area (Å²) in [5.74, 6) is -0.716. The standard InChI is InChI=1S/C24H28N4O3/c1-4-5-16-20(25-22(29)18-12-8-6-9-13-18)23(30)26-21-17(2)27(3)28(24(21)31)19-14-10-7-11-15-19/h6-15,20H,4-5,16H2,1-3H3,(H,25,29)(H,26,30)/t20-/m0/s1. The highest BCUT2D eigenvalue weighted by atomic mass is 16.2. The van der Waals surface area contributed by atoms with Crippen molar-refractivity contribution in [3.05, 3.63) is 82.3 Å². The molecule has 3 aromatic rings. The number of carbonyl (C=O) groups excluding carboxylic acids is 2.